The average Bonchev–Trinajstić information content (AvgIpc) is 3.20. The van der Waals surface area contributed by atoms with Crippen LogP contribution >= 0.6 is 0 Å². The number of rotatable bonds is 6. The molecule has 0 bridgehead atoms. The number of hydrogen-bond donors (Lipinski definition) is 1. The summed E-state index contributed by atoms with van der Waals surface area (Å²) in [5.74, 6) is 1.88. The van der Waals surface area contributed by atoms with E-state index in [0.717, 1.165) is 44.9 Å². The molecule has 0 heterocycles. The van der Waals surface area contributed by atoms with Crippen LogP contribution in [-0.4, -0.2) is 39.8 Å². The highest BCUT2D eigenvalue weighted by Crippen LogP contribution is 2.67. The van der Waals surface area contributed by atoms with Crippen molar-refractivity contribution in [3.8, 4) is 0 Å². The van der Waals surface area contributed by atoms with Crippen LogP contribution in [0, 0.1) is 40.4 Å². The van der Waals surface area contributed by atoms with E-state index < -0.39 is 18.2 Å². The first kappa shape index (κ1) is 30.5. The van der Waals surface area contributed by atoms with Gasteiger partial charge in [-0.15, -0.1) is 0 Å². The van der Waals surface area contributed by atoms with E-state index in [0.29, 0.717) is 34.7 Å². The topological polar surface area (TPSA) is 63.6 Å². The first-order chi connectivity index (χ1) is 18.5. The highest BCUT2D eigenvalue weighted by Gasteiger charge is 2.62. The van der Waals surface area contributed by atoms with E-state index in [1.807, 2.05) is 6.07 Å². The van der Waals surface area contributed by atoms with Crippen LogP contribution in [0.25, 0.3) is 0 Å². The zero-order valence-corrected chi connectivity index (χ0v) is 28.1. The molecule has 4 aliphatic carbocycles. The molecule has 3 fully saturated rings. The van der Waals surface area contributed by atoms with Crippen molar-refractivity contribution in [2.45, 2.75) is 122 Å². The van der Waals surface area contributed by atoms with Crippen LogP contribution in [0.3, 0.4) is 0 Å². The summed E-state index contributed by atoms with van der Waals surface area (Å²) in [7, 11) is -5.16. The molecule has 1 aromatic carbocycles. The number of aliphatic hydroxyl groups excluding tert-OH is 1. The minimum absolute atomic E-state index is 0.0173. The van der Waals surface area contributed by atoms with E-state index in [9.17, 15) is 13.5 Å². The second-order valence-electron chi connectivity index (χ2n) is 16.0. The number of hydrogen-bond acceptors (Lipinski definition) is 4. The third kappa shape index (κ3) is 5.11. The number of sulfone groups is 1. The van der Waals surface area contributed by atoms with Crippen molar-refractivity contribution in [2.24, 2.45) is 40.4 Å². The Hall–Kier alpha value is -0.953. The normalized spacial score (nSPS) is 39.1. The summed E-state index contributed by atoms with van der Waals surface area (Å²) >= 11 is 0. The number of allylic oxidation sites excluding steroid dienone is 1. The molecule has 4 aliphatic rings. The van der Waals surface area contributed by atoms with Crippen molar-refractivity contribution in [1.29, 1.82) is 0 Å². The summed E-state index contributed by atoms with van der Waals surface area (Å²) < 4.78 is 33.4. The first-order valence-electron chi connectivity index (χ1n) is 15.8. The fourth-order valence-corrected chi connectivity index (χ4v) is 12.7. The molecule has 0 unspecified atom stereocenters. The van der Waals surface area contributed by atoms with Crippen molar-refractivity contribution < 1.29 is 18.0 Å². The SMILES string of the molecule is C[C@H](CS(=O)(=O)c1ccccc1)[C@H]1CC[C@H]2[C@@H]3CC=C4C[C@@H](O[Si](C)(C)C(C)(C)C)CC[C@]4(C)[C@H]3[C@H](O)C[C@]12C. The van der Waals surface area contributed by atoms with Crippen molar-refractivity contribution in [3.05, 3.63) is 42.0 Å². The van der Waals surface area contributed by atoms with Crippen molar-refractivity contribution in [2.75, 3.05) is 5.75 Å². The molecular weight excluding hydrogens is 533 g/mol. The standard InChI is InChI=1S/C34H54O4SSi/c1-23(22-39(36,37)26-12-10-9-11-13-26)28-16-17-29-27-15-14-24-20-25(38-40(7,8)32(2,3)4)18-19-33(24,5)31(27)30(35)21-34(28,29)6/h9-14,23,25,27-31,35H,15-22H2,1-8H3/t23-,25+,27+,28-,29+,30-,31-,33+,34-/m1/s1. The van der Waals surface area contributed by atoms with Crippen LogP contribution in [0.4, 0.5) is 0 Å². The Kier molecular flexibility index (Phi) is 7.89. The molecule has 6 heteroatoms. The van der Waals surface area contributed by atoms with Gasteiger partial charge in [-0.3, -0.25) is 0 Å². The minimum atomic E-state index is -3.33. The monoisotopic (exact) mass is 586 g/mol. The Morgan fingerprint density at radius 3 is 2.42 bits per heavy atom. The summed E-state index contributed by atoms with van der Waals surface area (Å²) in [5.41, 5.74) is 1.55. The second-order valence-corrected chi connectivity index (χ2v) is 22.7. The van der Waals surface area contributed by atoms with Gasteiger partial charge in [0.25, 0.3) is 0 Å². The van der Waals surface area contributed by atoms with Gasteiger partial charge in [0.05, 0.1) is 16.8 Å². The Morgan fingerprint density at radius 1 is 1.10 bits per heavy atom. The third-order valence-electron chi connectivity index (χ3n) is 12.6. The van der Waals surface area contributed by atoms with Gasteiger partial charge in [-0.25, -0.2) is 8.42 Å². The van der Waals surface area contributed by atoms with Crippen LogP contribution in [0.15, 0.2) is 46.9 Å². The number of aliphatic hydroxyl groups is 1. The summed E-state index contributed by atoms with van der Waals surface area (Å²) in [5, 5.41) is 12.1. The Bertz CT molecular complexity index is 1220. The fourth-order valence-electron chi connectivity index (χ4n) is 9.61. The minimum Gasteiger partial charge on any atom is -0.414 e. The molecule has 1 aromatic rings. The molecular formula is C34H54O4SSi. The van der Waals surface area contributed by atoms with Crippen molar-refractivity contribution >= 4 is 18.2 Å². The molecule has 0 aliphatic heterocycles. The van der Waals surface area contributed by atoms with Crippen LogP contribution in [0.1, 0.15) is 86.5 Å². The molecule has 0 radical (unpaired) electrons. The molecule has 0 saturated heterocycles. The van der Waals surface area contributed by atoms with E-state index in [1.165, 1.54) is 5.57 Å². The maximum absolute atomic E-state index is 13.3. The fraction of sp³-hybridized carbons (Fsp3) is 0.765. The lowest BCUT2D eigenvalue weighted by Crippen LogP contribution is -2.57. The van der Waals surface area contributed by atoms with Gasteiger partial charge in [0, 0.05) is 6.10 Å². The number of benzene rings is 1. The van der Waals surface area contributed by atoms with Crippen molar-refractivity contribution in [3.63, 3.8) is 0 Å². The third-order valence-corrected chi connectivity index (χ3v) is 19.1. The smallest absolute Gasteiger partial charge is 0.192 e. The highest BCUT2D eigenvalue weighted by atomic mass is 32.2. The maximum Gasteiger partial charge on any atom is 0.192 e. The van der Waals surface area contributed by atoms with Gasteiger partial charge >= 0.3 is 0 Å². The largest absolute Gasteiger partial charge is 0.414 e. The van der Waals surface area contributed by atoms with E-state index in [2.05, 4.69) is 60.7 Å². The van der Waals surface area contributed by atoms with Crippen LogP contribution in [-0.2, 0) is 14.3 Å². The van der Waals surface area contributed by atoms with Gasteiger partial charge < -0.3 is 9.53 Å². The Balaban J connectivity index is 1.34. The predicted molar refractivity (Wildman–Crippen MR) is 166 cm³/mol. The molecule has 1 N–H and O–H groups in total. The maximum atomic E-state index is 13.3. The van der Waals surface area contributed by atoms with E-state index in [4.69, 9.17) is 4.43 Å². The zero-order chi connectivity index (χ0) is 29.3. The van der Waals surface area contributed by atoms with Gasteiger partial charge in [-0.1, -0.05) is 71.4 Å². The first-order valence-corrected chi connectivity index (χ1v) is 20.4. The van der Waals surface area contributed by atoms with Gasteiger partial charge in [0.15, 0.2) is 18.2 Å². The molecule has 0 spiro atoms. The summed E-state index contributed by atoms with van der Waals surface area (Å²) in [6.07, 6.45) is 9.75. The quantitative estimate of drug-likeness (QED) is 0.271. The van der Waals surface area contributed by atoms with Gasteiger partial charge in [-0.05, 0) is 116 Å². The Labute approximate surface area is 245 Å². The van der Waals surface area contributed by atoms with Crippen LogP contribution < -0.4 is 0 Å². The molecule has 0 aromatic heterocycles. The lowest BCUT2D eigenvalue weighted by atomic mass is 9.46. The molecule has 40 heavy (non-hydrogen) atoms. The van der Waals surface area contributed by atoms with E-state index >= 15 is 0 Å². The molecule has 5 rings (SSSR count). The molecule has 4 nitrogen and oxygen atoms in total. The Morgan fingerprint density at radius 2 is 1.77 bits per heavy atom. The molecule has 9 atom stereocenters. The summed E-state index contributed by atoms with van der Waals surface area (Å²) in [6.45, 7) is 18.6. The summed E-state index contributed by atoms with van der Waals surface area (Å²) in [4.78, 5) is 0.427. The average molecular weight is 587 g/mol. The van der Waals surface area contributed by atoms with E-state index in [-0.39, 0.29) is 33.6 Å². The lowest BCUT2D eigenvalue weighted by molar-refractivity contribution is -0.128. The van der Waals surface area contributed by atoms with E-state index in [1.54, 1.807) is 24.3 Å². The van der Waals surface area contributed by atoms with Crippen molar-refractivity contribution in [1.82, 2.24) is 0 Å². The van der Waals surface area contributed by atoms with Gasteiger partial charge in [-0.2, -0.15) is 0 Å². The van der Waals surface area contributed by atoms with Crippen LogP contribution in [0.5, 0.6) is 0 Å². The number of fused-ring (bicyclic) bond motifs is 5. The highest BCUT2D eigenvalue weighted by molar-refractivity contribution is 7.91. The zero-order valence-electron chi connectivity index (χ0n) is 26.2. The lowest BCUT2D eigenvalue weighted by Gasteiger charge is -2.60. The van der Waals surface area contributed by atoms with Gasteiger partial charge in [0.2, 0.25) is 0 Å². The molecule has 3 saturated carbocycles. The van der Waals surface area contributed by atoms with Gasteiger partial charge in [0.1, 0.15) is 0 Å². The van der Waals surface area contributed by atoms with Crippen LogP contribution in [0.2, 0.25) is 18.1 Å². The summed E-state index contributed by atoms with van der Waals surface area (Å²) in [6, 6.07) is 8.91. The molecule has 0 amide bonds. The predicted octanol–water partition coefficient (Wildman–Crippen LogP) is 8.04. The second kappa shape index (κ2) is 10.3. The molecule has 224 valence electrons.